The molecule has 9 nitrogen and oxygen atoms in total. The zero-order chi connectivity index (χ0) is 27.1. The number of hydrogen-bond acceptors (Lipinski definition) is 8. The number of benzene rings is 1. The molecule has 2 unspecified atom stereocenters. The predicted molar refractivity (Wildman–Crippen MR) is 135 cm³/mol. The van der Waals surface area contributed by atoms with Crippen molar-refractivity contribution in [3.63, 3.8) is 0 Å². The molecule has 0 bridgehead atoms. The van der Waals surface area contributed by atoms with Crippen molar-refractivity contribution in [1.82, 2.24) is 0 Å². The number of aliphatic carboxylic acids is 1. The molecular formula is C27H41NO8. The molecule has 0 radical (unpaired) electrons. The first-order chi connectivity index (χ1) is 17.1. The monoisotopic (exact) mass is 507 g/mol. The van der Waals surface area contributed by atoms with Crippen LogP contribution in [-0.4, -0.2) is 41.6 Å². The molecule has 3 N–H and O–H groups in total. The molecule has 0 aliphatic rings. The lowest BCUT2D eigenvalue weighted by molar-refractivity contribution is -0.145. The Hall–Kier alpha value is -2.94. The first-order valence-electron chi connectivity index (χ1n) is 12.8. The van der Waals surface area contributed by atoms with Gasteiger partial charge in [-0.1, -0.05) is 59.4 Å². The average Bonchev–Trinajstić information content (AvgIpc) is 2.84. The number of esters is 3. The molecule has 0 saturated carbocycles. The van der Waals surface area contributed by atoms with Gasteiger partial charge in [-0.25, -0.2) is 0 Å². The molecule has 1 aromatic carbocycles. The third-order valence-electron chi connectivity index (χ3n) is 5.85. The summed E-state index contributed by atoms with van der Waals surface area (Å²) < 4.78 is 16.3. The lowest BCUT2D eigenvalue weighted by Gasteiger charge is -2.28. The molecule has 3 atom stereocenters. The van der Waals surface area contributed by atoms with E-state index in [1.165, 1.54) is 12.1 Å². The molecule has 0 spiro atoms. The van der Waals surface area contributed by atoms with Gasteiger partial charge in [0.05, 0.1) is 6.61 Å². The second kappa shape index (κ2) is 16.7. The van der Waals surface area contributed by atoms with Gasteiger partial charge in [-0.15, -0.1) is 0 Å². The highest BCUT2D eigenvalue weighted by Crippen LogP contribution is 2.36. The van der Waals surface area contributed by atoms with E-state index in [2.05, 4.69) is 0 Å². The molecule has 1 aromatic rings. The summed E-state index contributed by atoms with van der Waals surface area (Å²) in [5, 5.41) is 9.61. The van der Waals surface area contributed by atoms with Crippen LogP contribution in [0, 0.1) is 5.92 Å². The largest absolute Gasteiger partial charge is 0.480 e. The number of carboxylic acid groups (broad SMARTS) is 1. The lowest BCUT2D eigenvalue weighted by Crippen LogP contribution is -2.40. The van der Waals surface area contributed by atoms with Crippen molar-refractivity contribution in [2.45, 2.75) is 97.4 Å². The second-order valence-electron chi connectivity index (χ2n) is 8.97. The summed E-state index contributed by atoms with van der Waals surface area (Å²) in [5.41, 5.74) is 6.48. The van der Waals surface area contributed by atoms with Crippen LogP contribution in [0.25, 0.3) is 0 Å². The normalized spacial score (nSPS) is 13.4. The number of ether oxygens (including phenoxy) is 3. The van der Waals surface area contributed by atoms with Gasteiger partial charge in [0.15, 0.2) is 11.5 Å². The van der Waals surface area contributed by atoms with Gasteiger partial charge in [-0.3, -0.25) is 19.2 Å². The van der Waals surface area contributed by atoms with Gasteiger partial charge in [-0.05, 0) is 36.5 Å². The highest BCUT2D eigenvalue weighted by atomic mass is 16.6. The first-order valence-corrected chi connectivity index (χ1v) is 12.8. The second-order valence-corrected chi connectivity index (χ2v) is 8.97. The molecule has 36 heavy (non-hydrogen) atoms. The third-order valence-corrected chi connectivity index (χ3v) is 5.85. The van der Waals surface area contributed by atoms with Gasteiger partial charge in [-0.2, -0.15) is 0 Å². The number of unbranched alkanes of at least 4 members (excludes halogenated alkanes) is 4. The van der Waals surface area contributed by atoms with Crippen LogP contribution in [0.15, 0.2) is 18.2 Å². The van der Waals surface area contributed by atoms with E-state index in [1.54, 1.807) is 19.9 Å². The van der Waals surface area contributed by atoms with E-state index in [1.807, 2.05) is 13.8 Å². The van der Waals surface area contributed by atoms with Crippen molar-refractivity contribution in [2.24, 2.45) is 11.7 Å². The number of carbonyl (C=O) groups excluding carboxylic acids is 3. The van der Waals surface area contributed by atoms with E-state index in [-0.39, 0.29) is 37.4 Å². The molecule has 0 aliphatic heterocycles. The summed E-state index contributed by atoms with van der Waals surface area (Å²) in [7, 11) is 0. The number of carboxylic acids is 1. The summed E-state index contributed by atoms with van der Waals surface area (Å²) in [5.74, 6) is -3.67. The Bertz CT molecular complexity index is 869. The minimum Gasteiger partial charge on any atom is -0.480 e. The van der Waals surface area contributed by atoms with E-state index >= 15 is 0 Å². The van der Waals surface area contributed by atoms with E-state index in [4.69, 9.17) is 19.9 Å². The van der Waals surface area contributed by atoms with Crippen molar-refractivity contribution in [3.05, 3.63) is 23.8 Å². The molecule has 1 rings (SSSR count). The van der Waals surface area contributed by atoms with Crippen molar-refractivity contribution in [1.29, 1.82) is 0 Å². The van der Waals surface area contributed by atoms with Crippen LogP contribution in [0.1, 0.15) is 97.0 Å². The highest BCUT2D eigenvalue weighted by molar-refractivity contribution is 5.77. The Morgan fingerprint density at radius 3 is 1.92 bits per heavy atom. The fourth-order valence-corrected chi connectivity index (χ4v) is 3.76. The van der Waals surface area contributed by atoms with Gasteiger partial charge in [0.1, 0.15) is 6.04 Å². The quantitative estimate of drug-likeness (QED) is 0.174. The van der Waals surface area contributed by atoms with Crippen LogP contribution < -0.4 is 15.2 Å². The zero-order valence-electron chi connectivity index (χ0n) is 21.9. The van der Waals surface area contributed by atoms with E-state index < -0.39 is 41.8 Å². The molecule has 0 aliphatic carbocycles. The predicted octanol–water partition coefficient (Wildman–Crippen LogP) is 4.74. The Morgan fingerprint density at radius 1 is 0.861 bits per heavy atom. The Kier molecular flexibility index (Phi) is 14.4. The van der Waals surface area contributed by atoms with Crippen LogP contribution in [0.2, 0.25) is 0 Å². The minimum absolute atomic E-state index is 0.0261. The molecule has 0 heterocycles. The highest BCUT2D eigenvalue weighted by Gasteiger charge is 2.32. The summed E-state index contributed by atoms with van der Waals surface area (Å²) in [4.78, 5) is 48.2. The summed E-state index contributed by atoms with van der Waals surface area (Å²) >= 11 is 0. The van der Waals surface area contributed by atoms with Crippen LogP contribution >= 0.6 is 0 Å². The maximum Gasteiger partial charge on any atom is 0.321 e. The van der Waals surface area contributed by atoms with Crippen LogP contribution in [-0.2, 0) is 23.9 Å². The van der Waals surface area contributed by atoms with E-state index in [0.717, 1.165) is 25.7 Å². The number of hydrogen-bond donors (Lipinski definition) is 2. The molecule has 0 amide bonds. The fourth-order valence-electron chi connectivity index (χ4n) is 3.76. The van der Waals surface area contributed by atoms with E-state index in [9.17, 15) is 24.3 Å². The van der Waals surface area contributed by atoms with Crippen molar-refractivity contribution in [3.8, 4) is 11.5 Å². The topological polar surface area (TPSA) is 142 Å². The SMILES string of the molecule is CCCCCC(=O)Oc1ccc(C(C(C)COC(=O)CC)[C@H](N)C(=O)O)cc1OC(=O)CCCCC. The van der Waals surface area contributed by atoms with Crippen LogP contribution in [0.5, 0.6) is 11.5 Å². The maximum absolute atomic E-state index is 12.5. The number of carbonyl (C=O) groups is 4. The molecule has 9 heteroatoms. The molecule has 0 saturated heterocycles. The van der Waals surface area contributed by atoms with Gasteiger partial charge >= 0.3 is 23.9 Å². The first kappa shape index (κ1) is 31.1. The maximum atomic E-state index is 12.5. The lowest BCUT2D eigenvalue weighted by atomic mass is 9.82. The van der Waals surface area contributed by atoms with Gasteiger partial charge in [0, 0.05) is 25.2 Å². The molecule has 202 valence electrons. The molecular weight excluding hydrogens is 466 g/mol. The summed E-state index contributed by atoms with van der Waals surface area (Å²) in [6, 6.07) is 3.25. The van der Waals surface area contributed by atoms with Crippen molar-refractivity contribution in [2.75, 3.05) is 6.61 Å². The van der Waals surface area contributed by atoms with E-state index in [0.29, 0.717) is 18.4 Å². The fraction of sp³-hybridized carbons (Fsp3) is 0.630. The zero-order valence-corrected chi connectivity index (χ0v) is 21.9. The molecule has 0 fully saturated rings. The average molecular weight is 508 g/mol. The standard InChI is InChI=1S/C27H41NO8/c1-5-8-10-12-23(30)35-20-15-14-19(16-21(20)36-24(31)13-11-9-6-2)25(26(28)27(32)33)18(4)17-34-22(29)7-3/h14-16,18,25-26H,5-13,17,28H2,1-4H3,(H,32,33)/t18?,25?,26-/m0/s1. The third kappa shape index (κ3) is 10.8. The van der Waals surface area contributed by atoms with Crippen LogP contribution in [0.3, 0.4) is 0 Å². The van der Waals surface area contributed by atoms with Crippen molar-refractivity contribution < 1.29 is 38.5 Å². The number of nitrogens with two attached hydrogens (primary N) is 1. The van der Waals surface area contributed by atoms with Crippen molar-refractivity contribution >= 4 is 23.9 Å². The van der Waals surface area contributed by atoms with Gasteiger partial charge < -0.3 is 25.1 Å². The smallest absolute Gasteiger partial charge is 0.321 e. The Morgan fingerprint density at radius 2 is 1.42 bits per heavy atom. The van der Waals surface area contributed by atoms with Crippen LogP contribution in [0.4, 0.5) is 0 Å². The summed E-state index contributed by atoms with van der Waals surface area (Å²) in [6.45, 7) is 7.42. The summed E-state index contributed by atoms with van der Waals surface area (Å²) in [6.07, 6.45) is 5.63. The Labute approximate surface area is 213 Å². The number of rotatable bonds is 17. The Balaban J connectivity index is 3.28. The van der Waals surface area contributed by atoms with Gasteiger partial charge in [0.25, 0.3) is 0 Å². The van der Waals surface area contributed by atoms with Gasteiger partial charge in [0.2, 0.25) is 0 Å². The minimum atomic E-state index is -1.31. The molecule has 0 aromatic heterocycles.